The summed E-state index contributed by atoms with van der Waals surface area (Å²) in [5.41, 5.74) is 0. The lowest BCUT2D eigenvalue weighted by Crippen LogP contribution is -2.03. The maximum atomic E-state index is 10.5. The summed E-state index contributed by atoms with van der Waals surface area (Å²) in [5.74, 6) is -0.352. The summed E-state index contributed by atoms with van der Waals surface area (Å²) in [6.07, 6.45) is 13.5. The van der Waals surface area contributed by atoms with Crippen molar-refractivity contribution in [1.29, 1.82) is 0 Å². The van der Waals surface area contributed by atoms with Crippen molar-refractivity contribution in [3.63, 3.8) is 0 Å². The summed E-state index contributed by atoms with van der Waals surface area (Å²) in [5, 5.41) is 17.8. The minimum atomic E-state index is -0.673. The Morgan fingerprint density at radius 1 is 0.800 bits per heavy atom. The molecule has 0 saturated heterocycles. The van der Waals surface area contributed by atoms with Gasteiger partial charge in [0.25, 0.3) is 0 Å². The molecule has 0 fully saturated rings. The number of carbonyl (C=O) groups is 1. The van der Waals surface area contributed by atoms with E-state index in [0.29, 0.717) is 12.3 Å². The molecule has 3 heteroatoms. The molecule has 0 radical (unpaired) electrons. The molecule has 0 aliphatic rings. The van der Waals surface area contributed by atoms with Gasteiger partial charge in [-0.3, -0.25) is 4.79 Å². The molecule has 0 aromatic rings. The summed E-state index contributed by atoms with van der Waals surface area (Å²) in [4.78, 5) is 10.5. The first kappa shape index (κ1) is 19.4. The van der Waals surface area contributed by atoms with Crippen LogP contribution in [0.4, 0.5) is 0 Å². The molecular weight excluding hydrogens is 252 g/mol. The minimum Gasteiger partial charge on any atom is -0.481 e. The first-order valence-corrected chi connectivity index (χ1v) is 8.42. The number of hydrogen-bond donors (Lipinski definition) is 2. The van der Waals surface area contributed by atoms with Gasteiger partial charge in [-0.2, -0.15) is 0 Å². The average Bonchev–Trinajstić information content (AvgIpc) is 2.34. The van der Waals surface area contributed by atoms with E-state index >= 15 is 0 Å². The Hall–Kier alpha value is -0.570. The standard InChI is InChI=1S/C17H34O3/c1-15(14-17(19)20)12-10-8-6-4-3-5-7-9-11-13-16(2)18/h15-16,18H,3-14H2,1-2H3,(H,19,20). The predicted octanol–water partition coefficient (Wildman–Crippen LogP) is 4.77. The van der Waals surface area contributed by atoms with Crippen LogP contribution < -0.4 is 0 Å². The van der Waals surface area contributed by atoms with Gasteiger partial charge in [-0.05, 0) is 19.3 Å². The summed E-state index contributed by atoms with van der Waals surface area (Å²) in [6, 6.07) is 0. The van der Waals surface area contributed by atoms with Gasteiger partial charge in [-0.1, -0.05) is 71.1 Å². The Balaban J connectivity index is 3.11. The van der Waals surface area contributed by atoms with Crippen molar-refractivity contribution in [2.75, 3.05) is 0 Å². The molecule has 0 aromatic heterocycles. The maximum Gasteiger partial charge on any atom is 0.303 e. The summed E-state index contributed by atoms with van der Waals surface area (Å²) < 4.78 is 0. The van der Waals surface area contributed by atoms with Gasteiger partial charge in [-0.15, -0.1) is 0 Å². The van der Waals surface area contributed by atoms with Crippen LogP contribution in [0.25, 0.3) is 0 Å². The van der Waals surface area contributed by atoms with E-state index in [4.69, 9.17) is 10.2 Å². The second kappa shape index (κ2) is 13.4. The van der Waals surface area contributed by atoms with Crippen LogP contribution in [-0.4, -0.2) is 22.3 Å². The van der Waals surface area contributed by atoms with E-state index in [9.17, 15) is 4.79 Å². The van der Waals surface area contributed by atoms with Crippen molar-refractivity contribution in [1.82, 2.24) is 0 Å². The Bertz CT molecular complexity index is 226. The fourth-order valence-electron chi connectivity index (χ4n) is 2.57. The molecule has 0 amide bonds. The molecule has 2 atom stereocenters. The quantitative estimate of drug-likeness (QED) is 0.452. The topological polar surface area (TPSA) is 57.5 Å². The monoisotopic (exact) mass is 286 g/mol. The summed E-state index contributed by atoms with van der Waals surface area (Å²) in [6.45, 7) is 3.89. The lowest BCUT2D eigenvalue weighted by atomic mass is 9.99. The van der Waals surface area contributed by atoms with Crippen molar-refractivity contribution in [3.8, 4) is 0 Å². The highest BCUT2D eigenvalue weighted by Gasteiger charge is 2.06. The number of aliphatic hydroxyl groups is 1. The highest BCUT2D eigenvalue weighted by atomic mass is 16.4. The smallest absolute Gasteiger partial charge is 0.303 e. The van der Waals surface area contributed by atoms with Gasteiger partial charge >= 0.3 is 5.97 Å². The maximum absolute atomic E-state index is 10.5. The summed E-state index contributed by atoms with van der Waals surface area (Å²) in [7, 11) is 0. The third-order valence-corrected chi connectivity index (χ3v) is 3.84. The van der Waals surface area contributed by atoms with Crippen molar-refractivity contribution < 1.29 is 15.0 Å². The number of rotatable bonds is 14. The van der Waals surface area contributed by atoms with Crippen molar-refractivity contribution in [2.24, 2.45) is 5.92 Å². The zero-order chi connectivity index (χ0) is 15.2. The van der Waals surface area contributed by atoms with E-state index in [0.717, 1.165) is 19.3 Å². The van der Waals surface area contributed by atoms with Gasteiger partial charge in [0.05, 0.1) is 6.10 Å². The van der Waals surface area contributed by atoms with E-state index in [-0.39, 0.29) is 6.10 Å². The fraction of sp³-hybridized carbons (Fsp3) is 0.941. The highest BCUT2D eigenvalue weighted by molar-refractivity contribution is 5.66. The Labute approximate surface area is 124 Å². The van der Waals surface area contributed by atoms with Gasteiger partial charge in [0.2, 0.25) is 0 Å². The first-order valence-electron chi connectivity index (χ1n) is 8.42. The lowest BCUT2D eigenvalue weighted by molar-refractivity contribution is -0.138. The molecule has 0 heterocycles. The van der Waals surface area contributed by atoms with Crippen LogP contribution in [0.2, 0.25) is 0 Å². The second-order valence-electron chi connectivity index (χ2n) is 6.31. The minimum absolute atomic E-state index is 0.140. The van der Waals surface area contributed by atoms with Crippen LogP contribution in [0.1, 0.15) is 90.9 Å². The third kappa shape index (κ3) is 15.5. The Kier molecular flexibility index (Phi) is 13.0. The second-order valence-corrected chi connectivity index (χ2v) is 6.31. The largest absolute Gasteiger partial charge is 0.481 e. The van der Waals surface area contributed by atoms with Gasteiger partial charge in [0.1, 0.15) is 0 Å². The number of unbranched alkanes of at least 4 members (excludes halogenated alkanes) is 8. The molecular formula is C17H34O3. The first-order chi connectivity index (χ1) is 9.52. The Morgan fingerprint density at radius 3 is 1.60 bits per heavy atom. The SMILES string of the molecule is CC(O)CCCCCCCCCCCC(C)CC(=O)O. The van der Waals surface area contributed by atoms with E-state index in [1.54, 1.807) is 0 Å². The van der Waals surface area contributed by atoms with Crippen molar-refractivity contribution >= 4 is 5.97 Å². The van der Waals surface area contributed by atoms with Gasteiger partial charge in [0.15, 0.2) is 0 Å². The van der Waals surface area contributed by atoms with Crippen LogP contribution in [0.3, 0.4) is 0 Å². The van der Waals surface area contributed by atoms with E-state index in [2.05, 4.69) is 0 Å². The zero-order valence-electron chi connectivity index (χ0n) is 13.4. The van der Waals surface area contributed by atoms with Crippen LogP contribution in [-0.2, 0) is 4.79 Å². The lowest BCUT2D eigenvalue weighted by Gasteiger charge is -2.08. The number of carboxylic acids is 1. The van der Waals surface area contributed by atoms with Crippen molar-refractivity contribution in [3.05, 3.63) is 0 Å². The van der Waals surface area contributed by atoms with Gasteiger partial charge < -0.3 is 10.2 Å². The van der Waals surface area contributed by atoms with E-state index < -0.39 is 5.97 Å². The van der Waals surface area contributed by atoms with Crippen LogP contribution in [0, 0.1) is 5.92 Å². The highest BCUT2D eigenvalue weighted by Crippen LogP contribution is 2.15. The number of hydrogen-bond acceptors (Lipinski definition) is 2. The van der Waals surface area contributed by atoms with Crippen LogP contribution in [0.15, 0.2) is 0 Å². The molecule has 0 aromatic carbocycles. The predicted molar refractivity (Wildman–Crippen MR) is 83.9 cm³/mol. The molecule has 20 heavy (non-hydrogen) atoms. The number of carboxylic acid groups (broad SMARTS) is 1. The molecule has 2 N–H and O–H groups in total. The van der Waals surface area contributed by atoms with Crippen LogP contribution >= 0.6 is 0 Å². The number of aliphatic hydroxyl groups excluding tert-OH is 1. The molecule has 2 unspecified atom stereocenters. The molecule has 3 nitrogen and oxygen atoms in total. The zero-order valence-corrected chi connectivity index (χ0v) is 13.4. The molecule has 0 spiro atoms. The fourth-order valence-corrected chi connectivity index (χ4v) is 2.57. The molecule has 0 bridgehead atoms. The molecule has 0 aliphatic carbocycles. The third-order valence-electron chi connectivity index (χ3n) is 3.84. The van der Waals surface area contributed by atoms with E-state index in [1.165, 1.54) is 51.4 Å². The average molecular weight is 286 g/mol. The Morgan fingerprint density at radius 2 is 1.20 bits per heavy atom. The normalized spacial score (nSPS) is 14.2. The molecule has 120 valence electrons. The van der Waals surface area contributed by atoms with Gasteiger partial charge in [-0.25, -0.2) is 0 Å². The van der Waals surface area contributed by atoms with Crippen LogP contribution in [0.5, 0.6) is 0 Å². The molecule has 0 saturated carbocycles. The van der Waals surface area contributed by atoms with E-state index in [1.807, 2.05) is 13.8 Å². The van der Waals surface area contributed by atoms with Crippen molar-refractivity contribution in [2.45, 2.75) is 97.0 Å². The molecule has 0 rings (SSSR count). The number of aliphatic carboxylic acids is 1. The molecule has 0 aliphatic heterocycles. The van der Waals surface area contributed by atoms with Gasteiger partial charge in [0, 0.05) is 6.42 Å². The summed E-state index contributed by atoms with van der Waals surface area (Å²) >= 11 is 0.